The van der Waals surface area contributed by atoms with E-state index in [1.54, 1.807) is 12.1 Å². The van der Waals surface area contributed by atoms with Crippen LogP contribution in [0.2, 0.25) is 0 Å². The van der Waals surface area contributed by atoms with E-state index in [0.29, 0.717) is 11.6 Å². The van der Waals surface area contributed by atoms with Crippen molar-refractivity contribution < 1.29 is 26.3 Å². The third kappa shape index (κ3) is 5.14. The summed E-state index contributed by atoms with van der Waals surface area (Å²) in [4.78, 5) is 2.09. The first-order valence-corrected chi connectivity index (χ1v) is 9.78. The number of likely N-dealkylation sites (N-methyl/N-ethyl adjacent to an activating group) is 1. The molecule has 146 valence electrons. The fraction of sp³-hybridized carbons (Fsp3) is 0.333. The lowest BCUT2D eigenvalue weighted by Crippen LogP contribution is -2.17. The highest BCUT2D eigenvalue weighted by molar-refractivity contribution is 7.92. The first kappa shape index (κ1) is 19.5. The summed E-state index contributed by atoms with van der Waals surface area (Å²) in [6.07, 6.45) is -3.76. The molecule has 0 spiro atoms. The Bertz CT molecular complexity index is 882. The molecule has 1 saturated heterocycles. The number of ether oxygens (including phenoxy) is 1. The fourth-order valence-corrected chi connectivity index (χ4v) is 4.12. The highest BCUT2D eigenvalue weighted by atomic mass is 32.2. The molecule has 27 heavy (non-hydrogen) atoms. The van der Waals surface area contributed by atoms with Gasteiger partial charge in [0.15, 0.2) is 0 Å². The molecule has 1 aliphatic rings. The Hall–Kier alpha value is -2.26. The van der Waals surface area contributed by atoms with Crippen molar-refractivity contribution in [2.45, 2.75) is 23.6 Å². The molecule has 5 nitrogen and oxygen atoms in total. The van der Waals surface area contributed by atoms with Crippen molar-refractivity contribution in [3.05, 3.63) is 54.1 Å². The Morgan fingerprint density at radius 1 is 1.07 bits per heavy atom. The van der Waals surface area contributed by atoms with Crippen LogP contribution in [0.5, 0.6) is 5.75 Å². The molecule has 1 fully saturated rings. The molecule has 0 aliphatic carbocycles. The van der Waals surface area contributed by atoms with E-state index in [1.807, 2.05) is 12.1 Å². The molecule has 3 rings (SSSR count). The molecule has 1 aliphatic heterocycles. The summed E-state index contributed by atoms with van der Waals surface area (Å²) >= 11 is 0. The number of hydrogen-bond donors (Lipinski definition) is 1. The van der Waals surface area contributed by atoms with Crippen LogP contribution in [0.15, 0.2) is 53.4 Å². The first-order valence-electron chi connectivity index (χ1n) is 8.29. The van der Waals surface area contributed by atoms with Crippen LogP contribution >= 0.6 is 0 Å². The molecular formula is C18H19F3N2O3S. The second-order valence-electron chi connectivity index (χ2n) is 6.49. The van der Waals surface area contributed by atoms with Gasteiger partial charge in [-0.1, -0.05) is 12.1 Å². The largest absolute Gasteiger partial charge is 0.573 e. The molecule has 2 aromatic carbocycles. The average molecular weight is 400 g/mol. The van der Waals surface area contributed by atoms with E-state index >= 15 is 0 Å². The Kier molecular flexibility index (Phi) is 5.34. The van der Waals surface area contributed by atoms with Crippen LogP contribution < -0.4 is 9.46 Å². The topological polar surface area (TPSA) is 58.6 Å². The smallest absolute Gasteiger partial charge is 0.406 e. The highest BCUT2D eigenvalue weighted by Crippen LogP contribution is 2.28. The van der Waals surface area contributed by atoms with Crippen molar-refractivity contribution in [3.8, 4) is 5.75 Å². The van der Waals surface area contributed by atoms with Gasteiger partial charge in [-0.05, 0) is 67.9 Å². The van der Waals surface area contributed by atoms with Gasteiger partial charge in [-0.25, -0.2) is 8.42 Å². The first-order chi connectivity index (χ1) is 12.6. The van der Waals surface area contributed by atoms with Gasteiger partial charge >= 0.3 is 6.36 Å². The van der Waals surface area contributed by atoms with Crippen LogP contribution in [0.25, 0.3) is 0 Å². The number of halogens is 3. The van der Waals surface area contributed by atoms with Crippen LogP contribution in [-0.4, -0.2) is 39.8 Å². The summed E-state index contributed by atoms with van der Waals surface area (Å²) in [5.74, 6) is -0.0471. The molecule has 0 saturated carbocycles. The monoisotopic (exact) mass is 400 g/mol. The number of nitrogens with zero attached hydrogens (tertiary/aromatic N) is 1. The zero-order valence-corrected chi connectivity index (χ0v) is 15.3. The standard InChI is InChI=1S/C18H19F3N2O3S/c1-23-11-10-14(12-23)13-2-4-15(5-3-13)22-27(24,25)17-8-6-16(7-9-17)26-18(19,20)21/h2-9,14,22H,10-12H2,1H3. The van der Waals surface area contributed by atoms with Crippen molar-refractivity contribution in [2.75, 3.05) is 24.9 Å². The second-order valence-corrected chi connectivity index (χ2v) is 8.18. The summed E-state index contributed by atoms with van der Waals surface area (Å²) in [6, 6.07) is 11.2. The molecule has 1 atom stereocenters. The molecule has 1 N–H and O–H groups in total. The number of benzene rings is 2. The third-order valence-corrected chi connectivity index (χ3v) is 5.79. The highest BCUT2D eigenvalue weighted by Gasteiger charge is 2.31. The second kappa shape index (κ2) is 7.40. The number of sulfonamides is 1. The lowest BCUT2D eigenvalue weighted by molar-refractivity contribution is -0.274. The molecule has 0 radical (unpaired) electrons. The van der Waals surface area contributed by atoms with E-state index in [0.717, 1.165) is 49.3 Å². The number of alkyl halides is 3. The van der Waals surface area contributed by atoms with E-state index in [2.05, 4.69) is 21.4 Å². The molecule has 0 bridgehead atoms. The van der Waals surface area contributed by atoms with Crippen molar-refractivity contribution in [1.29, 1.82) is 0 Å². The molecule has 2 aromatic rings. The molecule has 1 heterocycles. The van der Waals surface area contributed by atoms with Crippen molar-refractivity contribution in [2.24, 2.45) is 0 Å². The van der Waals surface area contributed by atoms with E-state index in [1.165, 1.54) is 0 Å². The van der Waals surface area contributed by atoms with Gasteiger partial charge in [-0.2, -0.15) is 0 Å². The third-order valence-electron chi connectivity index (χ3n) is 4.39. The van der Waals surface area contributed by atoms with Gasteiger partial charge in [-0.15, -0.1) is 13.2 Å². The Morgan fingerprint density at radius 2 is 1.70 bits per heavy atom. The number of hydrogen-bond acceptors (Lipinski definition) is 4. The maximum atomic E-state index is 12.4. The predicted molar refractivity (Wildman–Crippen MR) is 95.2 cm³/mol. The minimum Gasteiger partial charge on any atom is -0.406 e. The minimum atomic E-state index is -4.82. The quantitative estimate of drug-likeness (QED) is 0.829. The molecule has 9 heteroatoms. The van der Waals surface area contributed by atoms with E-state index in [9.17, 15) is 21.6 Å². The zero-order valence-electron chi connectivity index (χ0n) is 14.5. The number of nitrogens with one attached hydrogen (secondary N) is 1. The van der Waals surface area contributed by atoms with E-state index < -0.39 is 22.1 Å². The summed E-state index contributed by atoms with van der Waals surface area (Å²) in [5.41, 5.74) is 1.54. The maximum Gasteiger partial charge on any atom is 0.573 e. The van der Waals surface area contributed by atoms with Gasteiger partial charge in [0.05, 0.1) is 4.90 Å². The minimum absolute atomic E-state index is 0.154. The van der Waals surface area contributed by atoms with Crippen molar-refractivity contribution in [1.82, 2.24) is 4.90 Å². The summed E-state index contributed by atoms with van der Waals surface area (Å²) in [7, 11) is -1.85. The average Bonchev–Trinajstić information content (AvgIpc) is 3.01. The lowest BCUT2D eigenvalue weighted by Gasteiger charge is -2.13. The normalized spacial score (nSPS) is 18.4. The molecule has 0 amide bonds. The number of anilines is 1. The van der Waals surface area contributed by atoms with Gasteiger partial charge in [0.1, 0.15) is 5.75 Å². The molecule has 1 unspecified atom stereocenters. The van der Waals surface area contributed by atoms with E-state index in [4.69, 9.17) is 0 Å². The Morgan fingerprint density at radius 3 is 2.22 bits per heavy atom. The van der Waals surface area contributed by atoms with Gasteiger partial charge in [0, 0.05) is 12.2 Å². The fourth-order valence-electron chi connectivity index (χ4n) is 3.06. The lowest BCUT2D eigenvalue weighted by atomic mass is 9.98. The van der Waals surface area contributed by atoms with Gasteiger partial charge < -0.3 is 9.64 Å². The summed E-state index contributed by atoms with van der Waals surface area (Å²) in [6.45, 7) is 2.00. The summed E-state index contributed by atoms with van der Waals surface area (Å²) in [5, 5.41) is 0. The van der Waals surface area contributed by atoms with Crippen molar-refractivity contribution >= 4 is 15.7 Å². The number of rotatable bonds is 5. The van der Waals surface area contributed by atoms with Crippen LogP contribution in [0, 0.1) is 0 Å². The maximum absolute atomic E-state index is 12.4. The number of likely N-dealkylation sites (tertiary alicyclic amines) is 1. The van der Waals surface area contributed by atoms with Gasteiger partial charge in [-0.3, -0.25) is 4.72 Å². The predicted octanol–water partition coefficient (Wildman–Crippen LogP) is 3.81. The van der Waals surface area contributed by atoms with E-state index in [-0.39, 0.29) is 4.90 Å². The van der Waals surface area contributed by atoms with Gasteiger partial charge in [0.25, 0.3) is 10.0 Å². The van der Waals surface area contributed by atoms with Gasteiger partial charge in [0.2, 0.25) is 0 Å². The Labute approximate surface area is 155 Å². The summed E-state index contributed by atoms with van der Waals surface area (Å²) < 4.78 is 67.5. The van der Waals surface area contributed by atoms with Crippen LogP contribution in [0.4, 0.5) is 18.9 Å². The Balaban J connectivity index is 1.69. The molecule has 0 aromatic heterocycles. The van der Waals surface area contributed by atoms with Crippen LogP contribution in [-0.2, 0) is 10.0 Å². The zero-order chi connectivity index (χ0) is 19.7. The van der Waals surface area contributed by atoms with Crippen LogP contribution in [0.1, 0.15) is 17.9 Å². The SMILES string of the molecule is CN1CCC(c2ccc(NS(=O)(=O)c3ccc(OC(F)(F)F)cc3)cc2)C1. The molecular weight excluding hydrogens is 381 g/mol. The van der Waals surface area contributed by atoms with Crippen LogP contribution in [0.3, 0.4) is 0 Å². The van der Waals surface area contributed by atoms with Crippen molar-refractivity contribution in [3.63, 3.8) is 0 Å².